The van der Waals surface area contributed by atoms with Crippen molar-refractivity contribution in [1.82, 2.24) is 19.6 Å². The zero-order valence-corrected chi connectivity index (χ0v) is 10.3. The van der Waals surface area contributed by atoms with Crippen LogP contribution in [0.15, 0.2) is 11.4 Å². The lowest BCUT2D eigenvalue weighted by Gasteiger charge is -2.12. The maximum absolute atomic E-state index is 11.8. The summed E-state index contributed by atoms with van der Waals surface area (Å²) in [6, 6.07) is 0. The van der Waals surface area contributed by atoms with Gasteiger partial charge in [0.25, 0.3) is 5.78 Å². The number of aromatic nitrogens is 4. The van der Waals surface area contributed by atoms with Crippen LogP contribution in [0.25, 0.3) is 5.78 Å². The normalized spacial score (nSPS) is 15.2. The van der Waals surface area contributed by atoms with Crippen molar-refractivity contribution in [2.75, 3.05) is 5.75 Å². The Morgan fingerprint density at radius 2 is 2.29 bits per heavy atom. The van der Waals surface area contributed by atoms with E-state index in [1.165, 1.54) is 0 Å². The number of Topliss-reactive ketones (excluding diaryl/α,β-unsaturated/α-hetero) is 1. The molecule has 0 N–H and O–H groups in total. The Morgan fingerprint density at radius 1 is 1.41 bits per heavy atom. The van der Waals surface area contributed by atoms with Crippen LogP contribution in [-0.4, -0.2) is 31.1 Å². The molecule has 5 nitrogen and oxygen atoms in total. The lowest BCUT2D eigenvalue weighted by molar-refractivity contribution is 0.0971. The molecule has 0 fully saturated rings. The summed E-state index contributed by atoms with van der Waals surface area (Å²) in [5.74, 6) is 1.69. The SMILES string of the molecule is CCSc1nc2nc3c(cn2n1)C(=O)CCC3. The Bertz CT molecular complexity index is 592. The molecule has 0 saturated carbocycles. The van der Waals surface area contributed by atoms with Gasteiger partial charge in [-0.1, -0.05) is 18.7 Å². The molecule has 6 heteroatoms. The molecule has 2 heterocycles. The molecule has 1 aliphatic rings. The quantitative estimate of drug-likeness (QED) is 0.758. The molecule has 3 rings (SSSR count). The third-order valence-corrected chi connectivity index (χ3v) is 3.50. The summed E-state index contributed by atoms with van der Waals surface area (Å²) in [6.07, 6.45) is 4.14. The first-order valence-electron chi connectivity index (χ1n) is 5.70. The van der Waals surface area contributed by atoms with E-state index in [1.807, 2.05) is 0 Å². The van der Waals surface area contributed by atoms with Crippen LogP contribution >= 0.6 is 11.8 Å². The van der Waals surface area contributed by atoms with Crippen LogP contribution < -0.4 is 0 Å². The molecule has 0 bridgehead atoms. The topological polar surface area (TPSA) is 60.1 Å². The summed E-state index contributed by atoms with van der Waals surface area (Å²) < 4.78 is 1.61. The third-order valence-electron chi connectivity index (χ3n) is 2.78. The second kappa shape index (κ2) is 4.10. The van der Waals surface area contributed by atoms with Crippen LogP contribution in [0.5, 0.6) is 0 Å². The Kier molecular flexibility index (Phi) is 2.58. The van der Waals surface area contributed by atoms with Gasteiger partial charge in [-0.05, 0) is 18.6 Å². The number of thioether (sulfide) groups is 1. The molecule has 0 spiro atoms. The second-order valence-corrected chi connectivity index (χ2v) is 5.18. The van der Waals surface area contributed by atoms with E-state index in [4.69, 9.17) is 0 Å². The van der Waals surface area contributed by atoms with Gasteiger partial charge in [-0.15, -0.1) is 5.10 Å². The first-order chi connectivity index (χ1) is 8.28. The van der Waals surface area contributed by atoms with E-state index < -0.39 is 0 Å². The van der Waals surface area contributed by atoms with Gasteiger partial charge < -0.3 is 0 Å². The molecule has 2 aromatic rings. The van der Waals surface area contributed by atoms with Crippen molar-refractivity contribution in [1.29, 1.82) is 0 Å². The molecule has 1 aliphatic carbocycles. The molecule has 88 valence electrons. The van der Waals surface area contributed by atoms with E-state index in [1.54, 1.807) is 22.5 Å². The monoisotopic (exact) mass is 248 g/mol. The highest BCUT2D eigenvalue weighted by Gasteiger charge is 2.20. The lowest BCUT2D eigenvalue weighted by atomic mass is 9.96. The van der Waals surface area contributed by atoms with Crippen LogP contribution in [-0.2, 0) is 6.42 Å². The predicted molar refractivity (Wildman–Crippen MR) is 64.4 cm³/mol. The highest BCUT2D eigenvalue weighted by Crippen LogP contribution is 2.20. The predicted octanol–water partition coefficient (Wildman–Crippen LogP) is 1.76. The fraction of sp³-hybridized carbons (Fsp3) is 0.455. The van der Waals surface area contributed by atoms with E-state index in [-0.39, 0.29) is 5.78 Å². The van der Waals surface area contributed by atoms with E-state index in [0.29, 0.717) is 17.8 Å². The summed E-state index contributed by atoms with van der Waals surface area (Å²) in [6.45, 7) is 2.05. The number of hydrogen-bond acceptors (Lipinski definition) is 5. The van der Waals surface area contributed by atoms with Crippen LogP contribution in [0.2, 0.25) is 0 Å². The van der Waals surface area contributed by atoms with Gasteiger partial charge in [-0.3, -0.25) is 4.79 Å². The number of carbonyl (C=O) groups excluding carboxylic acids is 1. The Hall–Kier alpha value is -1.43. The number of ketones is 1. The van der Waals surface area contributed by atoms with Gasteiger partial charge in [0.05, 0.1) is 11.3 Å². The second-order valence-electron chi connectivity index (χ2n) is 3.95. The first-order valence-corrected chi connectivity index (χ1v) is 6.69. The number of nitrogens with zero attached hydrogens (tertiary/aromatic N) is 4. The number of hydrogen-bond donors (Lipinski definition) is 0. The van der Waals surface area contributed by atoms with E-state index >= 15 is 0 Å². The molecule has 0 atom stereocenters. The van der Waals surface area contributed by atoms with Crippen LogP contribution in [0.4, 0.5) is 0 Å². The molecule has 0 radical (unpaired) electrons. The zero-order chi connectivity index (χ0) is 11.8. The van der Waals surface area contributed by atoms with Gasteiger partial charge in [0.15, 0.2) is 5.78 Å². The van der Waals surface area contributed by atoms with Crippen molar-refractivity contribution in [3.63, 3.8) is 0 Å². The summed E-state index contributed by atoms with van der Waals surface area (Å²) in [5, 5.41) is 5.02. The molecule has 0 aromatic carbocycles. The van der Waals surface area contributed by atoms with Crippen molar-refractivity contribution in [3.8, 4) is 0 Å². The maximum atomic E-state index is 11.8. The number of carbonyl (C=O) groups is 1. The zero-order valence-electron chi connectivity index (χ0n) is 9.51. The van der Waals surface area contributed by atoms with Crippen LogP contribution in [0.3, 0.4) is 0 Å². The van der Waals surface area contributed by atoms with Crippen molar-refractivity contribution in [2.24, 2.45) is 0 Å². The van der Waals surface area contributed by atoms with Crippen molar-refractivity contribution >= 4 is 23.3 Å². The maximum Gasteiger partial charge on any atom is 0.253 e. The smallest absolute Gasteiger partial charge is 0.253 e. The van der Waals surface area contributed by atoms with Gasteiger partial charge in [0.1, 0.15) is 0 Å². The van der Waals surface area contributed by atoms with E-state index in [2.05, 4.69) is 22.0 Å². The first kappa shape index (κ1) is 10.7. The molecule has 0 amide bonds. The molecule has 0 unspecified atom stereocenters. The number of fused-ring (bicyclic) bond motifs is 2. The Labute approximate surface area is 103 Å². The molecular weight excluding hydrogens is 236 g/mol. The Balaban J connectivity index is 2.14. The summed E-state index contributed by atoms with van der Waals surface area (Å²) in [4.78, 5) is 20.5. The molecule has 17 heavy (non-hydrogen) atoms. The average molecular weight is 248 g/mol. The lowest BCUT2D eigenvalue weighted by Crippen LogP contribution is -2.14. The number of rotatable bonds is 2. The van der Waals surface area contributed by atoms with Gasteiger partial charge >= 0.3 is 0 Å². The van der Waals surface area contributed by atoms with E-state index in [0.717, 1.165) is 29.4 Å². The average Bonchev–Trinajstić information content (AvgIpc) is 2.69. The molecule has 2 aromatic heterocycles. The third kappa shape index (κ3) is 1.82. The van der Waals surface area contributed by atoms with Gasteiger partial charge in [-0.2, -0.15) is 4.98 Å². The van der Waals surface area contributed by atoms with Crippen LogP contribution in [0.1, 0.15) is 35.8 Å². The molecule has 0 aliphatic heterocycles. The van der Waals surface area contributed by atoms with Gasteiger partial charge in [0, 0.05) is 12.6 Å². The highest BCUT2D eigenvalue weighted by molar-refractivity contribution is 7.99. The fourth-order valence-corrected chi connectivity index (χ4v) is 2.55. The summed E-state index contributed by atoms with van der Waals surface area (Å²) in [7, 11) is 0. The fourth-order valence-electron chi connectivity index (χ4n) is 2.00. The van der Waals surface area contributed by atoms with Crippen LogP contribution in [0, 0.1) is 0 Å². The van der Waals surface area contributed by atoms with Crippen molar-refractivity contribution < 1.29 is 4.79 Å². The minimum atomic E-state index is 0.167. The van der Waals surface area contributed by atoms with Crippen molar-refractivity contribution in [3.05, 3.63) is 17.5 Å². The highest BCUT2D eigenvalue weighted by atomic mass is 32.2. The minimum absolute atomic E-state index is 0.167. The van der Waals surface area contributed by atoms with E-state index in [9.17, 15) is 4.79 Å². The standard InChI is InChI=1S/C11H12N4OS/c1-2-17-11-13-10-12-8-4-3-5-9(16)7(8)6-15(10)14-11/h6H,2-5H2,1H3. The Morgan fingerprint density at radius 3 is 3.12 bits per heavy atom. The van der Waals surface area contributed by atoms with Crippen molar-refractivity contribution in [2.45, 2.75) is 31.3 Å². The number of aryl methyl sites for hydroxylation is 1. The van der Waals surface area contributed by atoms with Gasteiger partial charge in [-0.25, -0.2) is 9.50 Å². The largest absolute Gasteiger partial charge is 0.294 e. The minimum Gasteiger partial charge on any atom is -0.294 e. The molecular formula is C11H12N4OS. The molecule has 0 saturated heterocycles. The van der Waals surface area contributed by atoms with Gasteiger partial charge in [0.2, 0.25) is 5.16 Å². The summed E-state index contributed by atoms with van der Waals surface area (Å²) >= 11 is 1.58. The summed E-state index contributed by atoms with van der Waals surface area (Å²) in [5.41, 5.74) is 1.58.